The van der Waals surface area contributed by atoms with Crippen molar-refractivity contribution < 1.29 is 4.79 Å². The van der Waals surface area contributed by atoms with Gasteiger partial charge in [0, 0.05) is 24.3 Å². The fourth-order valence-corrected chi connectivity index (χ4v) is 3.92. The number of fused-ring (bicyclic) bond motifs is 1. The second-order valence-electron chi connectivity index (χ2n) is 6.77. The minimum Gasteiger partial charge on any atom is -0.337 e. The number of para-hydroxylation sites is 1. The van der Waals surface area contributed by atoms with E-state index in [1.54, 1.807) is 0 Å². The van der Waals surface area contributed by atoms with E-state index < -0.39 is 0 Å². The lowest BCUT2D eigenvalue weighted by Crippen LogP contribution is -2.44. The number of rotatable bonds is 3. The van der Waals surface area contributed by atoms with Crippen LogP contribution in [0.1, 0.15) is 41.0 Å². The van der Waals surface area contributed by atoms with Gasteiger partial charge in [0.15, 0.2) is 5.69 Å². The maximum absolute atomic E-state index is 13.1. The maximum Gasteiger partial charge on any atom is 0.274 e. The van der Waals surface area contributed by atoms with E-state index in [-0.39, 0.29) is 18.3 Å². The number of nitrogens with zero attached hydrogens (tertiary/aromatic N) is 3. The fourth-order valence-electron chi connectivity index (χ4n) is 3.92. The van der Waals surface area contributed by atoms with Crippen LogP contribution in [0.4, 0.5) is 0 Å². The van der Waals surface area contributed by atoms with Crippen LogP contribution in [0.2, 0.25) is 0 Å². The molecule has 2 heterocycles. The Morgan fingerprint density at radius 2 is 1.92 bits per heavy atom. The van der Waals surface area contributed by atoms with Crippen LogP contribution in [0.15, 0.2) is 30.3 Å². The van der Waals surface area contributed by atoms with E-state index in [1.807, 2.05) is 34.8 Å². The lowest BCUT2D eigenvalue weighted by molar-refractivity contribution is 0.0695. The molecule has 2 aromatic rings. The average molecular weight is 361 g/mol. The Hall–Kier alpha value is -1.85. The third-order valence-electron chi connectivity index (χ3n) is 5.31. The summed E-state index contributed by atoms with van der Waals surface area (Å²) in [6.07, 6.45) is 5.11. The van der Waals surface area contributed by atoms with Crippen LogP contribution >= 0.6 is 12.4 Å². The first-order valence-electron chi connectivity index (χ1n) is 8.90. The molecule has 1 N–H and O–H groups in total. The lowest BCUT2D eigenvalue weighted by atomic mass is 10.0. The Kier molecular flexibility index (Phi) is 5.45. The molecule has 0 bridgehead atoms. The standard InChI is InChI=1S/C19H24N4O.ClH/c1-22(14-10-12-20-13-11-14)19(24)18-16-8-5-9-17(16)23(21-18)15-6-3-2-4-7-15;/h2-4,6-7,14,20H,5,8-13H2,1H3;1H. The molecule has 1 fully saturated rings. The number of aromatic nitrogens is 2. The summed E-state index contributed by atoms with van der Waals surface area (Å²) < 4.78 is 1.98. The molecule has 1 aliphatic carbocycles. The SMILES string of the molecule is CN(C(=O)c1nn(-c2ccccc2)c2c1CCC2)C1CCNCC1.Cl. The molecule has 0 atom stereocenters. The number of amides is 1. The summed E-state index contributed by atoms with van der Waals surface area (Å²) >= 11 is 0. The molecule has 0 unspecified atom stereocenters. The second-order valence-corrected chi connectivity index (χ2v) is 6.77. The van der Waals surface area contributed by atoms with E-state index in [0.717, 1.165) is 56.4 Å². The Bertz CT molecular complexity index is 737. The normalized spacial score (nSPS) is 17.0. The van der Waals surface area contributed by atoms with Crippen LogP contribution < -0.4 is 5.32 Å². The molecule has 6 heteroatoms. The number of halogens is 1. The molecule has 1 aromatic heterocycles. The van der Waals surface area contributed by atoms with Crippen molar-refractivity contribution in [2.75, 3.05) is 20.1 Å². The van der Waals surface area contributed by atoms with Crippen molar-refractivity contribution in [3.05, 3.63) is 47.3 Å². The average Bonchev–Trinajstić information content (AvgIpc) is 3.24. The fraction of sp³-hybridized carbons (Fsp3) is 0.474. The Labute approximate surface area is 154 Å². The molecule has 1 saturated heterocycles. The molecule has 0 radical (unpaired) electrons. The molecule has 0 spiro atoms. The monoisotopic (exact) mass is 360 g/mol. The van der Waals surface area contributed by atoms with Gasteiger partial charge in [-0.25, -0.2) is 4.68 Å². The van der Waals surface area contributed by atoms with Crippen LogP contribution in [0.25, 0.3) is 5.69 Å². The summed E-state index contributed by atoms with van der Waals surface area (Å²) in [6, 6.07) is 10.5. The first-order chi connectivity index (χ1) is 11.8. The zero-order valence-corrected chi connectivity index (χ0v) is 15.4. The van der Waals surface area contributed by atoms with E-state index in [2.05, 4.69) is 17.4 Å². The molecular weight excluding hydrogens is 336 g/mol. The predicted octanol–water partition coefficient (Wildman–Crippen LogP) is 2.61. The Morgan fingerprint density at radius 1 is 1.20 bits per heavy atom. The van der Waals surface area contributed by atoms with Crippen molar-refractivity contribution in [3.8, 4) is 5.69 Å². The molecule has 1 aliphatic heterocycles. The minimum atomic E-state index is 0. The van der Waals surface area contributed by atoms with Crippen molar-refractivity contribution in [1.82, 2.24) is 20.0 Å². The van der Waals surface area contributed by atoms with Gasteiger partial charge >= 0.3 is 0 Å². The molecular formula is C19H25ClN4O. The molecule has 25 heavy (non-hydrogen) atoms. The zero-order chi connectivity index (χ0) is 16.5. The highest BCUT2D eigenvalue weighted by Crippen LogP contribution is 2.29. The first kappa shape index (κ1) is 18.0. The number of piperidine rings is 1. The van der Waals surface area contributed by atoms with Gasteiger partial charge in [-0.2, -0.15) is 5.10 Å². The number of benzene rings is 1. The summed E-state index contributed by atoms with van der Waals surface area (Å²) in [7, 11) is 1.93. The highest BCUT2D eigenvalue weighted by molar-refractivity contribution is 5.94. The molecule has 0 saturated carbocycles. The van der Waals surface area contributed by atoms with Crippen molar-refractivity contribution >= 4 is 18.3 Å². The summed E-state index contributed by atoms with van der Waals surface area (Å²) in [5.41, 5.74) is 4.07. The smallest absolute Gasteiger partial charge is 0.274 e. The highest BCUT2D eigenvalue weighted by Gasteiger charge is 2.31. The first-order valence-corrected chi connectivity index (χ1v) is 8.90. The van der Waals surface area contributed by atoms with Crippen molar-refractivity contribution in [2.45, 2.75) is 38.1 Å². The van der Waals surface area contributed by atoms with Crippen LogP contribution in [-0.2, 0) is 12.8 Å². The van der Waals surface area contributed by atoms with Gasteiger partial charge in [-0.3, -0.25) is 4.79 Å². The largest absolute Gasteiger partial charge is 0.337 e. The van der Waals surface area contributed by atoms with E-state index in [0.29, 0.717) is 11.7 Å². The maximum atomic E-state index is 13.1. The highest BCUT2D eigenvalue weighted by atomic mass is 35.5. The van der Waals surface area contributed by atoms with Gasteiger partial charge in [0.1, 0.15) is 0 Å². The van der Waals surface area contributed by atoms with E-state index in [1.165, 1.54) is 5.69 Å². The predicted molar refractivity (Wildman–Crippen MR) is 101 cm³/mol. The van der Waals surface area contributed by atoms with E-state index >= 15 is 0 Å². The Balaban J connectivity index is 0.00000182. The zero-order valence-electron chi connectivity index (χ0n) is 14.6. The van der Waals surface area contributed by atoms with Crippen LogP contribution in [0.5, 0.6) is 0 Å². The van der Waals surface area contributed by atoms with Crippen molar-refractivity contribution in [3.63, 3.8) is 0 Å². The summed E-state index contributed by atoms with van der Waals surface area (Å²) in [5.74, 6) is 0.0785. The van der Waals surface area contributed by atoms with Gasteiger partial charge in [-0.05, 0) is 57.3 Å². The van der Waals surface area contributed by atoms with Gasteiger partial charge in [-0.1, -0.05) is 18.2 Å². The number of carbonyl (C=O) groups excluding carboxylic acids is 1. The third-order valence-corrected chi connectivity index (χ3v) is 5.31. The summed E-state index contributed by atoms with van der Waals surface area (Å²) in [6.45, 7) is 1.97. The number of hydrogen-bond donors (Lipinski definition) is 1. The van der Waals surface area contributed by atoms with E-state index in [4.69, 9.17) is 5.10 Å². The van der Waals surface area contributed by atoms with Crippen LogP contribution in [-0.4, -0.2) is 46.8 Å². The van der Waals surface area contributed by atoms with Crippen LogP contribution in [0, 0.1) is 0 Å². The van der Waals surface area contributed by atoms with Gasteiger partial charge in [0.05, 0.1) is 5.69 Å². The van der Waals surface area contributed by atoms with Gasteiger partial charge in [0.25, 0.3) is 5.91 Å². The molecule has 134 valence electrons. The van der Waals surface area contributed by atoms with Gasteiger partial charge < -0.3 is 10.2 Å². The number of nitrogens with one attached hydrogen (secondary N) is 1. The van der Waals surface area contributed by atoms with Gasteiger partial charge in [0.2, 0.25) is 0 Å². The summed E-state index contributed by atoms with van der Waals surface area (Å²) in [5, 5.41) is 8.09. The van der Waals surface area contributed by atoms with Crippen molar-refractivity contribution in [2.24, 2.45) is 0 Å². The number of carbonyl (C=O) groups is 1. The van der Waals surface area contributed by atoms with E-state index in [9.17, 15) is 4.79 Å². The molecule has 2 aliphatic rings. The quantitative estimate of drug-likeness (QED) is 0.915. The lowest BCUT2D eigenvalue weighted by Gasteiger charge is -2.31. The third kappa shape index (κ3) is 3.31. The summed E-state index contributed by atoms with van der Waals surface area (Å²) in [4.78, 5) is 15.0. The second kappa shape index (κ2) is 7.58. The Morgan fingerprint density at radius 3 is 2.64 bits per heavy atom. The minimum absolute atomic E-state index is 0. The van der Waals surface area contributed by atoms with Crippen molar-refractivity contribution in [1.29, 1.82) is 0 Å². The molecule has 1 aromatic carbocycles. The molecule has 1 amide bonds. The molecule has 4 rings (SSSR count). The number of hydrogen-bond acceptors (Lipinski definition) is 3. The topological polar surface area (TPSA) is 50.2 Å². The van der Waals surface area contributed by atoms with Crippen LogP contribution in [0.3, 0.4) is 0 Å². The van der Waals surface area contributed by atoms with Gasteiger partial charge in [-0.15, -0.1) is 12.4 Å². The molecule has 5 nitrogen and oxygen atoms in total.